The quantitative estimate of drug-likeness (QED) is 0.739. The summed E-state index contributed by atoms with van der Waals surface area (Å²) in [5.41, 5.74) is 6.23. The Hall–Kier alpha value is -1.62. The molecule has 0 saturated carbocycles. The van der Waals surface area contributed by atoms with E-state index in [1.807, 2.05) is 0 Å². The molecule has 0 saturated heterocycles. The van der Waals surface area contributed by atoms with Gasteiger partial charge in [0.2, 0.25) is 0 Å². The topological polar surface area (TPSA) is 64.3 Å². The fourth-order valence-electron chi connectivity index (χ4n) is 1.26. The summed E-state index contributed by atoms with van der Waals surface area (Å²) in [6.45, 7) is 1.30. The van der Waals surface area contributed by atoms with Crippen molar-refractivity contribution in [2.24, 2.45) is 5.73 Å². The van der Waals surface area contributed by atoms with E-state index in [4.69, 9.17) is 10.5 Å². The first-order valence-electron chi connectivity index (χ1n) is 5.57. The van der Waals surface area contributed by atoms with Gasteiger partial charge in [-0.2, -0.15) is 0 Å². The maximum Gasteiger partial charge on any atom is 0.407 e. The molecule has 1 aromatic carbocycles. The van der Waals surface area contributed by atoms with Crippen LogP contribution in [0.4, 0.5) is 9.18 Å². The minimum Gasteiger partial charge on any atom is -0.450 e. The molecular weight excluding hydrogens is 223 g/mol. The van der Waals surface area contributed by atoms with Crippen LogP contribution in [0.5, 0.6) is 0 Å². The summed E-state index contributed by atoms with van der Waals surface area (Å²) >= 11 is 0. The van der Waals surface area contributed by atoms with Gasteiger partial charge in [0, 0.05) is 6.54 Å². The van der Waals surface area contributed by atoms with Crippen molar-refractivity contribution in [3.63, 3.8) is 0 Å². The van der Waals surface area contributed by atoms with E-state index in [9.17, 15) is 9.18 Å². The van der Waals surface area contributed by atoms with Gasteiger partial charge in [-0.3, -0.25) is 0 Å². The molecule has 0 bridgehead atoms. The van der Waals surface area contributed by atoms with Gasteiger partial charge in [0.1, 0.15) is 5.82 Å². The van der Waals surface area contributed by atoms with Gasteiger partial charge in [0.25, 0.3) is 0 Å². The Bertz CT molecular complexity index is 341. The molecule has 0 spiro atoms. The predicted octanol–water partition coefficient (Wildman–Crippen LogP) is 1.44. The summed E-state index contributed by atoms with van der Waals surface area (Å²) < 4.78 is 17.5. The number of ether oxygens (including phenoxy) is 1. The zero-order valence-corrected chi connectivity index (χ0v) is 9.62. The molecular formula is C12H17FN2O2. The Morgan fingerprint density at radius 1 is 1.35 bits per heavy atom. The van der Waals surface area contributed by atoms with Gasteiger partial charge >= 0.3 is 6.09 Å². The molecule has 0 heterocycles. The highest BCUT2D eigenvalue weighted by molar-refractivity contribution is 5.67. The summed E-state index contributed by atoms with van der Waals surface area (Å²) in [4.78, 5) is 11.1. The molecule has 0 radical (unpaired) electrons. The Labute approximate surface area is 100.0 Å². The number of alkyl carbamates (subject to hydrolysis) is 1. The fourth-order valence-corrected chi connectivity index (χ4v) is 1.26. The normalized spacial score (nSPS) is 10.0. The number of rotatable bonds is 6. The summed E-state index contributed by atoms with van der Waals surface area (Å²) in [7, 11) is 0. The highest BCUT2D eigenvalue weighted by Gasteiger charge is 2.00. The van der Waals surface area contributed by atoms with Gasteiger partial charge in [-0.1, -0.05) is 12.1 Å². The number of carbonyl (C=O) groups excluding carboxylic acids is 1. The highest BCUT2D eigenvalue weighted by Crippen LogP contribution is 2.02. The van der Waals surface area contributed by atoms with E-state index < -0.39 is 6.09 Å². The average molecular weight is 240 g/mol. The number of carbonyl (C=O) groups is 1. The van der Waals surface area contributed by atoms with Crippen LogP contribution in [0.2, 0.25) is 0 Å². The molecule has 1 aromatic rings. The lowest BCUT2D eigenvalue weighted by Crippen LogP contribution is -2.27. The number of nitrogens with two attached hydrogens (primary N) is 1. The average Bonchev–Trinajstić information content (AvgIpc) is 2.32. The van der Waals surface area contributed by atoms with Crippen molar-refractivity contribution < 1.29 is 13.9 Å². The molecule has 94 valence electrons. The fraction of sp³-hybridized carbons (Fsp3) is 0.417. The Morgan fingerprint density at radius 3 is 2.71 bits per heavy atom. The molecule has 0 atom stereocenters. The predicted molar refractivity (Wildman–Crippen MR) is 63.1 cm³/mol. The van der Waals surface area contributed by atoms with Crippen molar-refractivity contribution in [2.45, 2.75) is 12.8 Å². The molecule has 0 aliphatic rings. The summed E-state index contributed by atoms with van der Waals surface area (Å²) in [5, 5.41) is 2.61. The van der Waals surface area contributed by atoms with Crippen molar-refractivity contribution in [3.8, 4) is 0 Å². The number of hydrogen-bond donors (Lipinski definition) is 2. The van der Waals surface area contributed by atoms with E-state index in [1.165, 1.54) is 12.1 Å². The molecule has 0 fully saturated rings. The molecule has 1 amide bonds. The second-order valence-electron chi connectivity index (χ2n) is 3.58. The Balaban J connectivity index is 2.14. The molecule has 3 N–H and O–H groups in total. The third kappa shape index (κ3) is 5.87. The molecule has 0 aromatic heterocycles. The third-order valence-corrected chi connectivity index (χ3v) is 2.18. The molecule has 5 heteroatoms. The number of halogens is 1. The maximum absolute atomic E-state index is 12.6. The van der Waals surface area contributed by atoms with Gasteiger partial charge in [0.15, 0.2) is 0 Å². The zero-order valence-electron chi connectivity index (χ0n) is 9.62. The van der Waals surface area contributed by atoms with Crippen LogP contribution in [0.3, 0.4) is 0 Å². The first-order valence-corrected chi connectivity index (χ1v) is 5.57. The van der Waals surface area contributed by atoms with Gasteiger partial charge in [-0.15, -0.1) is 0 Å². The molecule has 0 unspecified atom stereocenters. The van der Waals surface area contributed by atoms with Gasteiger partial charge in [-0.05, 0) is 37.1 Å². The van der Waals surface area contributed by atoms with E-state index in [-0.39, 0.29) is 5.82 Å². The van der Waals surface area contributed by atoms with Crippen molar-refractivity contribution in [2.75, 3.05) is 19.7 Å². The highest BCUT2D eigenvalue weighted by atomic mass is 19.1. The first-order chi connectivity index (χ1) is 8.22. The van der Waals surface area contributed by atoms with E-state index in [2.05, 4.69) is 5.32 Å². The lowest BCUT2D eigenvalue weighted by molar-refractivity contribution is 0.145. The van der Waals surface area contributed by atoms with Crippen LogP contribution in [0.25, 0.3) is 0 Å². The Morgan fingerprint density at radius 2 is 2.06 bits per heavy atom. The van der Waals surface area contributed by atoms with E-state index in [1.54, 1.807) is 12.1 Å². The number of nitrogens with one attached hydrogen (secondary N) is 1. The van der Waals surface area contributed by atoms with E-state index in [0.717, 1.165) is 5.56 Å². The largest absolute Gasteiger partial charge is 0.450 e. The zero-order chi connectivity index (χ0) is 12.5. The van der Waals surface area contributed by atoms with E-state index in [0.29, 0.717) is 32.5 Å². The standard InChI is InChI=1S/C12H17FN2O2/c13-11-4-2-10(3-5-11)6-8-15-12(16)17-9-1-7-14/h2-5H,1,6-9,14H2,(H,15,16). The number of hydrogen-bond acceptors (Lipinski definition) is 3. The van der Waals surface area contributed by atoms with Crippen LogP contribution in [0.15, 0.2) is 24.3 Å². The van der Waals surface area contributed by atoms with Crippen LogP contribution >= 0.6 is 0 Å². The summed E-state index contributed by atoms with van der Waals surface area (Å²) in [6.07, 6.45) is 0.859. The molecule has 17 heavy (non-hydrogen) atoms. The summed E-state index contributed by atoms with van der Waals surface area (Å²) in [6, 6.07) is 6.18. The molecule has 4 nitrogen and oxygen atoms in total. The van der Waals surface area contributed by atoms with Gasteiger partial charge in [0.05, 0.1) is 6.61 Å². The molecule has 0 aliphatic carbocycles. The maximum atomic E-state index is 12.6. The van der Waals surface area contributed by atoms with Crippen molar-refractivity contribution in [1.82, 2.24) is 5.32 Å². The van der Waals surface area contributed by atoms with Crippen LogP contribution in [-0.4, -0.2) is 25.8 Å². The van der Waals surface area contributed by atoms with Crippen LogP contribution < -0.4 is 11.1 Å². The van der Waals surface area contributed by atoms with Gasteiger partial charge < -0.3 is 15.8 Å². The minimum absolute atomic E-state index is 0.261. The minimum atomic E-state index is -0.444. The molecule has 1 rings (SSSR count). The SMILES string of the molecule is NCCCOC(=O)NCCc1ccc(F)cc1. The lowest BCUT2D eigenvalue weighted by atomic mass is 10.1. The number of amides is 1. The molecule has 0 aliphatic heterocycles. The Kier molecular flexibility index (Phi) is 6.03. The smallest absolute Gasteiger partial charge is 0.407 e. The van der Waals surface area contributed by atoms with Gasteiger partial charge in [-0.25, -0.2) is 9.18 Å². The number of benzene rings is 1. The van der Waals surface area contributed by atoms with E-state index >= 15 is 0 Å². The van der Waals surface area contributed by atoms with Crippen LogP contribution in [-0.2, 0) is 11.2 Å². The summed E-state index contributed by atoms with van der Waals surface area (Å²) in [5.74, 6) is -0.261. The second kappa shape index (κ2) is 7.62. The van der Waals surface area contributed by atoms with Crippen molar-refractivity contribution >= 4 is 6.09 Å². The van der Waals surface area contributed by atoms with Crippen molar-refractivity contribution in [1.29, 1.82) is 0 Å². The van der Waals surface area contributed by atoms with Crippen molar-refractivity contribution in [3.05, 3.63) is 35.6 Å². The van der Waals surface area contributed by atoms with Crippen LogP contribution in [0.1, 0.15) is 12.0 Å². The van der Waals surface area contributed by atoms with Crippen LogP contribution in [0, 0.1) is 5.82 Å². The third-order valence-electron chi connectivity index (χ3n) is 2.18. The monoisotopic (exact) mass is 240 g/mol. The lowest BCUT2D eigenvalue weighted by Gasteiger charge is -2.06. The first kappa shape index (κ1) is 13.4. The second-order valence-corrected chi connectivity index (χ2v) is 3.58.